The van der Waals surface area contributed by atoms with Crippen LogP contribution in [0.3, 0.4) is 0 Å². The van der Waals surface area contributed by atoms with Gasteiger partial charge in [-0.2, -0.15) is 8.42 Å². The normalized spacial score (nSPS) is 14.4. The van der Waals surface area contributed by atoms with Crippen LogP contribution in [0.1, 0.15) is 0 Å². The minimum atomic E-state index is -3.84. The van der Waals surface area contributed by atoms with Gasteiger partial charge in [0.2, 0.25) is 11.6 Å². The van der Waals surface area contributed by atoms with E-state index in [-0.39, 0.29) is 11.0 Å². The van der Waals surface area contributed by atoms with Crippen LogP contribution < -0.4 is 14.3 Å². The molecule has 0 fully saturated rings. The van der Waals surface area contributed by atoms with Crippen molar-refractivity contribution in [2.45, 2.75) is 10.8 Å². The molecule has 1 aromatic carbocycles. The van der Waals surface area contributed by atoms with Crippen molar-refractivity contribution in [3.63, 3.8) is 0 Å². The van der Waals surface area contributed by atoms with Crippen LogP contribution in [-0.2, 0) is 16.6 Å². The number of rotatable bonds is 4. The maximum atomic E-state index is 12.6. The van der Waals surface area contributed by atoms with Crippen molar-refractivity contribution in [1.29, 1.82) is 0 Å². The molecule has 0 N–H and O–H groups in total. The van der Waals surface area contributed by atoms with E-state index in [9.17, 15) is 8.42 Å². The Hall–Kier alpha value is -1.81. The number of halogens is 1. The van der Waals surface area contributed by atoms with E-state index in [0.29, 0.717) is 27.2 Å². The lowest BCUT2D eigenvalue weighted by Gasteiger charge is -2.02. The molecule has 0 spiro atoms. The first-order valence-corrected chi connectivity index (χ1v) is 10.5. The molecule has 6 nitrogen and oxygen atoms in total. The fourth-order valence-corrected chi connectivity index (χ4v) is 6.13. The molecule has 0 aliphatic carbocycles. The predicted molar refractivity (Wildman–Crippen MR) is 98.2 cm³/mol. The summed E-state index contributed by atoms with van der Waals surface area (Å²) in [7, 11) is -3.84. The predicted octanol–water partition coefficient (Wildman–Crippen LogP) is 3.62. The quantitative estimate of drug-likeness (QED) is 0.611. The molecule has 3 aromatic rings. The summed E-state index contributed by atoms with van der Waals surface area (Å²) in [6, 6.07) is 6.64. The highest BCUT2D eigenvalue weighted by molar-refractivity contribution is 7.92. The van der Waals surface area contributed by atoms with Gasteiger partial charge in [0.15, 0.2) is 11.5 Å². The summed E-state index contributed by atoms with van der Waals surface area (Å²) in [5.74, 6) is 1.27. The summed E-state index contributed by atoms with van der Waals surface area (Å²) in [6.07, 6.45) is 1.68. The van der Waals surface area contributed by atoms with Crippen molar-refractivity contribution in [2.24, 2.45) is 4.40 Å². The van der Waals surface area contributed by atoms with Gasteiger partial charge in [-0.1, -0.05) is 29.0 Å². The van der Waals surface area contributed by atoms with Crippen molar-refractivity contribution in [3.05, 3.63) is 46.1 Å². The number of thiazole rings is 1. The summed E-state index contributed by atoms with van der Waals surface area (Å²) in [5, 5.41) is 0. The number of benzene rings is 1. The number of thiophene rings is 1. The van der Waals surface area contributed by atoms with Gasteiger partial charge in [-0.3, -0.25) is 0 Å². The summed E-state index contributed by atoms with van der Waals surface area (Å²) < 4.78 is 43.0. The van der Waals surface area contributed by atoms with Crippen molar-refractivity contribution >= 4 is 54.5 Å². The zero-order chi connectivity index (χ0) is 17.6. The summed E-state index contributed by atoms with van der Waals surface area (Å²) in [4.78, 5) is 0.350. The third-order valence-electron chi connectivity index (χ3n) is 3.49. The van der Waals surface area contributed by atoms with Gasteiger partial charge in [0.25, 0.3) is 10.0 Å². The van der Waals surface area contributed by atoms with E-state index < -0.39 is 10.0 Å². The number of fused-ring (bicyclic) bond motifs is 2. The minimum absolute atomic E-state index is 0.106. The molecule has 4 rings (SSSR count). The van der Waals surface area contributed by atoms with Crippen LogP contribution in [0.15, 0.2) is 45.5 Å². The molecule has 0 bridgehead atoms. The third-order valence-corrected chi connectivity index (χ3v) is 7.61. The third kappa shape index (κ3) is 2.97. The molecular formula is C15H11ClN2O4S3. The van der Waals surface area contributed by atoms with Crippen LogP contribution in [0.5, 0.6) is 11.5 Å². The summed E-state index contributed by atoms with van der Waals surface area (Å²) in [6.45, 7) is 4.33. The van der Waals surface area contributed by atoms with E-state index in [4.69, 9.17) is 21.1 Å². The first kappa shape index (κ1) is 16.6. The van der Waals surface area contributed by atoms with Crippen LogP contribution in [0.2, 0.25) is 4.34 Å². The zero-order valence-electron chi connectivity index (χ0n) is 12.6. The lowest BCUT2D eigenvalue weighted by Crippen LogP contribution is -2.16. The highest BCUT2D eigenvalue weighted by atomic mass is 35.5. The van der Waals surface area contributed by atoms with Crippen molar-refractivity contribution in [3.8, 4) is 11.5 Å². The second kappa shape index (κ2) is 6.17. The first-order chi connectivity index (χ1) is 12.0. The lowest BCUT2D eigenvalue weighted by atomic mass is 10.3. The van der Waals surface area contributed by atoms with Crippen LogP contribution in [-0.4, -0.2) is 19.8 Å². The Balaban J connectivity index is 1.94. The highest BCUT2D eigenvalue weighted by Gasteiger charge is 2.20. The van der Waals surface area contributed by atoms with Gasteiger partial charge in [-0.25, -0.2) is 0 Å². The van der Waals surface area contributed by atoms with Crippen LogP contribution in [0.25, 0.3) is 10.2 Å². The minimum Gasteiger partial charge on any atom is -0.454 e. The SMILES string of the molecule is C=CCn1c(=NS(=O)(=O)c2ccc(Cl)s2)sc2cc3c(cc21)OCO3. The zero-order valence-corrected chi connectivity index (χ0v) is 15.8. The number of hydrogen-bond acceptors (Lipinski definition) is 6. The van der Waals surface area contributed by atoms with Gasteiger partial charge >= 0.3 is 0 Å². The number of allylic oxidation sites excluding steroid dienone is 1. The molecule has 0 unspecified atom stereocenters. The van der Waals surface area contributed by atoms with Gasteiger partial charge in [-0.15, -0.1) is 22.3 Å². The van der Waals surface area contributed by atoms with Crippen LogP contribution >= 0.6 is 34.3 Å². The average Bonchev–Trinajstić information content (AvgIpc) is 3.25. The number of ether oxygens (including phenoxy) is 2. The first-order valence-electron chi connectivity index (χ1n) is 7.08. The number of nitrogens with zero attached hydrogens (tertiary/aromatic N) is 2. The smallest absolute Gasteiger partial charge is 0.294 e. The second-order valence-electron chi connectivity index (χ2n) is 5.08. The van der Waals surface area contributed by atoms with E-state index >= 15 is 0 Å². The van der Waals surface area contributed by atoms with Crippen molar-refractivity contribution in [1.82, 2.24) is 4.57 Å². The van der Waals surface area contributed by atoms with E-state index in [1.54, 1.807) is 10.6 Å². The molecule has 25 heavy (non-hydrogen) atoms. The Labute approximate surface area is 156 Å². The molecule has 0 saturated heterocycles. The molecule has 0 saturated carbocycles. The van der Waals surface area contributed by atoms with Crippen LogP contribution in [0.4, 0.5) is 0 Å². The summed E-state index contributed by atoms with van der Waals surface area (Å²) >= 11 is 8.08. The van der Waals surface area contributed by atoms with E-state index in [0.717, 1.165) is 21.6 Å². The second-order valence-corrected chi connectivity index (χ2v) is 9.64. The Kier molecular flexibility index (Phi) is 4.11. The maximum absolute atomic E-state index is 12.6. The van der Waals surface area contributed by atoms with E-state index in [1.165, 1.54) is 23.5 Å². The average molecular weight is 415 g/mol. The van der Waals surface area contributed by atoms with E-state index in [1.807, 2.05) is 12.1 Å². The van der Waals surface area contributed by atoms with Crippen molar-refractivity contribution < 1.29 is 17.9 Å². The molecule has 1 aliphatic heterocycles. The molecule has 130 valence electrons. The maximum Gasteiger partial charge on any atom is 0.294 e. The van der Waals surface area contributed by atoms with E-state index in [2.05, 4.69) is 11.0 Å². The number of hydrogen-bond donors (Lipinski definition) is 0. The monoisotopic (exact) mass is 414 g/mol. The Morgan fingerprint density at radius 2 is 2.04 bits per heavy atom. The van der Waals surface area contributed by atoms with Crippen LogP contribution in [0, 0.1) is 0 Å². The fourth-order valence-electron chi connectivity index (χ4n) is 2.42. The number of sulfonamides is 1. The fraction of sp³-hybridized carbons (Fsp3) is 0.133. The van der Waals surface area contributed by atoms with Gasteiger partial charge in [0, 0.05) is 18.7 Å². The highest BCUT2D eigenvalue weighted by Crippen LogP contribution is 2.37. The molecule has 0 amide bonds. The molecule has 10 heteroatoms. The van der Waals surface area contributed by atoms with Crippen molar-refractivity contribution in [2.75, 3.05) is 6.79 Å². The molecule has 3 heterocycles. The molecule has 1 aliphatic rings. The molecule has 0 atom stereocenters. The molecule has 2 aromatic heterocycles. The summed E-state index contributed by atoms with van der Waals surface area (Å²) in [5.41, 5.74) is 0.812. The van der Waals surface area contributed by atoms with Gasteiger partial charge in [0.05, 0.1) is 14.6 Å². The lowest BCUT2D eigenvalue weighted by molar-refractivity contribution is 0.174. The Morgan fingerprint density at radius 3 is 2.72 bits per heavy atom. The Morgan fingerprint density at radius 1 is 1.28 bits per heavy atom. The van der Waals surface area contributed by atoms with Gasteiger partial charge in [0.1, 0.15) is 4.21 Å². The Bertz CT molecular complexity index is 1160. The largest absolute Gasteiger partial charge is 0.454 e. The van der Waals surface area contributed by atoms with Gasteiger partial charge in [-0.05, 0) is 12.1 Å². The topological polar surface area (TPSA) is 69.9 Å². The number of aromatic nitrogens is 1. The van der Waals surface area contributed by atoms with Gasteiger partial charge < -0.3 is 14.0 Å². The molecular weight excluding hydrogens is 404 g/mol. The molecule has 0 radical (unpaired) electrons. The standard InChI is InChI=1S/C15H11ClN2O4S3/c1-2-5-18-9-6-10-11(22-8-21-10)7-12(9)23-15(18)17-25(19,20)14-4-3-13(16)24-14/h2-4,6-7H,1,5,8H2.